The number of aromatic nitrogens is 1. The van der Waals surface area contributed by atoms with Gasteiger partial charge < -0.3 is 14.6 Å². The molecular weight excluding hydrogens is 469 g/mol. The molecule has 7 nitrogen and oxygen atoms in total. The van der Waals surface area contributed by atoms with Crippen LogP contribution in [0.5, 0.6) is 5.75 Å². The fraction of sp³-hybridized carbons (Fsp3) is 0.0870. The van der Waals surface area contributed by atoms with Gasteiger partial charge in [0.15, 0.2) is 0 Å². The summed E-state index contributed by atoms with van der Waals surface area (Å²) in [6.45, 7) is 0. The third kappa shape index (κ3) is 4.50. The van der Waals surface area contributed by atoms with Gasteiger partial charge in [-0.15, -0.1) is 0 Å². The Morgan fingerprint density at radius 3 is 2.55 bits per heavy atom. The van der Waals surface area contributed by atoms with E-state index in [1.54, 1.807) is 32.4 Å². The van der Waals surface area contributed by atoms with Crippen LogP contribution in [-0.4, -0.2) is 26.0 Å². The van der Waals surface area contributed by atoms with Gasteiger partial charge in [-0.1, -0.05) is 23.7 Å². The molecule has 0 fully saturated rings. The molecule has 4 aromatic rings. The number of benzene rings is 3. The minimum absolute atomic E-state index is 0.0618. The molecule has 0 aliphatic rings. The van der Waals surface area contributed by atoms with E-state index in [-0.39, 0.29) is 10.6 Å². The molecular formula is C23H19ClFN3O4S. The summed E-state index contributed by atoms with van der Waals surface area (Å²) in [4.78, 5) is 12.5. The lowest BCUT2D eigenvalue weighted by atomic mass is 10.2. The first-order chi connectivity index (χ1) is 15.7. The highest BCUT2D eigenvalue weighted by Crippen LogP contribution is 2.34. The summed E-state index contributed by atoms with van der Waals surface area (Å²) in [5, 5.41) is 4.26. The zero-order chi connectivity index (χ0) is 23.8. The first-order valence-corrected chi connectivity index (χ1v) is 11.6. The molecule has 1 amide bonds. The van der Waals surface area contributed by atoms with Gasteiger partial charge in [0.05, 0.1) is 22.5 Å². The van der Waals surface area contributed by atoms with Crippen molar-refractivity contribution in [3.63, 3.8) is 0 Å². The minimum Gasteiger partial charge on any atom is -0.497 e. The average Bonchev–Trinajstić information content (AvgIpc) is 3.14. The van der Waals surface area contributed by atoms with Gasteiger partial charge in [0.2, 0.25) is 0 Å². The summed E-state index contributed by atoms with van der Waals surface area (Å²) in [6, 6.07) is 16.7. The molecule has 0 saturated carbocycles. The maximum Gasteiger partial charge on any atom is 0.281 e. The molecule has 10 heteroatoms. The standard InChI is InChI=1S/C23H19ClFN3O4S/c1-28-21(23(29)27-33(30,31)17-8-3-5-14(25)11-17)13-18-20(10-9-19(24)22(18)28)26-15-6-4-7-16(12-15)32-2/h3-13,26H,1-2H3,(H,27,29). The molecule has 0 aliphatic carbocycles. The summed E-state index contributed by atoms with van der Waals surface area (Å²) in [7, 11) is -1.10. The Balaban J connectivity index is 1.72. The number of hydrogen-bond donors (Lipinski definition) is 2. The minimum atomic E-state index is -4.28. The first-order valence-electron chi connectivity index (χ1n) is 9.71. The molecule has 1 heterocycles. The fourth-order valence-corrected chi connectivity index (χ4v) is 4.76. The largest absolute Gasteiger partial charge is 0.497 e. The van der Waals surface area contributed by atoms with Gasteiger partial charge in [-0.2, -0.15) is 0 Å². The Hall–Kier alpha value is -3.56. The van der Waals surface area contributed by atoms with E-state index in [0.29, 0.717) is 27.4 Å². The van der Waals surface area contributed by atoms with Gasteiger partial charge in [-0.05, 0) is 48.5 Å². The zero-order valence-electron chi connectivity index (χ0n) is 17.6. The highest BCUT2D eigenvalue weighted by atomic mass is 35.5. The van der Waals surface area contributed by atoms with Crippen molar-refractivity contribution in [2.75, 3.05) is 12.4 Å². The van der Waals surface area contributed by atoms with Gasteiger partial charge in [-0.25, -0.2) is 17.5 Å². The van der Waals surface area contributed by atoms with Crippen LogP contribution in [0.1, 0.15) is 10.5 Å². The second kappa shape index (κ2) is 8.76. The molecule has 3 aromatic carbocycles. The van der Waals surface area contributed by atoms with Gasteiger partial charge >= 0.3 is 0 Å². The molecule has 0 aliphatic heterocycles. The number of nitrogens with zero attached hydrogens (tertiary/aromatic N) is 1. The fourth-order valence-electron chi connectivity index (χ4n) is 3.47. The summed E-state index contributed by atoms with van der Waals surface area (Å²) < 4.78 is 47.3. The Morgan fingerprint density at radius 1 is 1.06 bits per heavy atom. The number of rotatable bonds is 6. The number of methoxy groups -OCH3 is 1. The number of nitrogens with one attached hydrogen (secondary N) is 2. The van der Waals surface area contributed by atoms with Crippen molar-refractivity contribution in [2.24, 2.45) is 7.05 Å². The van der Waals surface area contributed by atoms with Crippen LogP contribution in [0.4, 0.5) is 15.8 Å². The van der Waals surface area contributed by atoms with Crippen molar-refractivity contribution in [2.45, 2.75) is 4.90 Å². The van der Waals surface area contributed by atoms with Crippen molar-refractivity contribution >= 4 is 49.8 Å². The Kier molecular flexibility index (Phi) is 6.01. The first kappa shape index (κ1) is 22.6. The lowest BCUT2D eigenvalue weighted by Crippen LogP contribution is -2.31. The molecule has 0 bridgehead atoms. The third-order valence-electron chi connectivity index (χ3n) is 5.06. The van der Waals surface area contributed by atoms with Crippen LogP contribution < -0.4 is 14.8 Å². The maximum absolute atomic E-state index is 13.5. The third-order valence-corrected chi connectivity index (χ3v) is 6.69. The van der Waals surface area contributed by atoms with E-state index in [2.05, 4.69) is 5.32 Å². The van der Waals surface area contributed by atoms with Crippen LogP contribution in [0.25, 0.3) is 10.9 Å². The lowest BCUT2D eigenvalue weighted by Gasteiger charge is -2.11. The summed E-state index contributed by atoms with van der Waals surface area (Å²) in [5.74, 6) is -0.933. The van der Waals surface area contributed by atoms with E-state index in [0.717, 1.165) is 17.8 Å². The number of ether oxygens (including phenoxy) is 1. The smallest absolute Gasteiger partial charge is 0.281 e. The Bertz CT molecular complexity index is 1480. The van der Waals surface area contributed by atoms with Crippen LogP contribution in [-0.2, 0) is 17.1 Å². The highest BCUT2D eigenvalue weighted by molar-refractivity contribution is 7.90. The predicted molar refractivity (Wildman–Crippen MR) is 125 cm³/mol. The zero-order valence-corrected chi connectivity index (χ0v) is 19.2. The van der Waals surface area contributed by atoms with E-state index in [1.165, 1.54) is 16.7 Å². The van der Waals surface area contributed by atoms with E-state index < -0.39 is 21.7 Å². The molecule has 2 N–H and O–H groups in total. The van der Waals surface area contributed by atoms with Crippen molar-refractivity contribution in [3.05, 3.63) is 83.3 Å². The van der Waals surface area contributed by atoms with Gasteiger partial charge in [0.1, 0.15) is 17.3 Å². The molecule has 170 valence electrons. The molecule has 0 radical (unpaired) electrons. The molecule has 0 unspecified atom stereocenters. The molecule has 0 spiro atoms. The number of anilines is 2. The second-order valence-electron chi connectivity index (χ2n) is 7.19. The summed E-state index contributed by atoms with van der Waals surface area (Å²) in [6.07, 6.45) is 0. The van der Waals surface area contributed by atoms with E-state index in [4.69, 9.17) is 16.3 Å². The van der Waals surface area contributed by atoms with E-state index >= 15 is 0 Å². The number of hydrogen-bond acceptors (Lipinski definition) is 5. The van der Waals surface area contributed by atoms with Crippen LogP contribution in [0.2, 0.25) is 5.02 Å². The van der Waals surface area contributed by atoms with Gasteiger partial charge in [-0.3, -0.25) is 4.79 Å². The molecule has 0 saturated heterocycles. The number of halogens is 2. The summed E-state index contributed by atoms with van der Waals surface area (Å²) in [5.41, 5.74) is 2.01. The Labute approximate surface area is 194 Å². The van der Waals surface area contributed by atoms with Crippen LogP contribution in [0.3, 0.4) is 0 Å². The molecule has 4 rings (SSSR count). The van der Waals surface area contributed by atoms with Gasteiger partial charge in [0.25, 0.3) is 15.9 Å². The number of amides is 1. The molecule has 33 heavy (non-hydrogen) atoms. The van der Waals surface area contributed by atoms with Crippen LogP contribution >= 0.6 is 11.6 Å². The normalized spacial score (nSPS) is 11.4. The highest BCUT2D eigenvalue weighted by Gasteiger charge is 2.23. The lowest BCUT2D eigenvalue weighted by molar-refractivity contribution is 0.0974. The van der Waals surface area contributed by atoms with Crippen molar-refractivity contribution in [1.82, 2.24) is 9.29 Å². The van der Waals surface area contributed by atoms with Gasteiger partial charge in [0, 0.05) is 29.9 Å². The topological polar surface area (TPSA) is 89.4 Å². The SMILES string of the molecule is COc1cccc(Nc2ccc(Cl)c3c2cc(C(=O)NS(=O)(=O)c2cccc(F)c2)n3C)c1. The number of fused-ring (bicyclic) bond motifs is 1. The van der Waals surface area contributed by atoms with Crippen LogP contribution in [0.15, 0.2) is 71.6 Å². The number of aryl methyl sites for hydroxylation is 1. The van der Waals surface area contributed by atoms with E-state index in [9.17, 15) is 17.6 Å². The quantitative estimate of drug-likeness (QED) is 0.406. The maximum atomic E-state index is 13.5. The predicted octanol–water partition coefficient (Wildman–Crippen LogP) is 4.84. The number of carbonyl (C=O) groups excluding carboxylic acids is 1. The Morgan fingerprint density at radius 2 is 1.82 bits per heavy atom. The average molecular weight is 488 g/mol. The number of sulfonamides is 1. The number of carbonyl (C=O) groups is 1. The van der Waals surface area contributed by atoms with Crippen molar-refractivity contribution in [3.8, 4) is 5.75 Å². The van der Waals surface area contributed by atoms with Crippen LogP contribution in [0, 0.1) is 5.82 Å². The summed E-state index contributed by atoms with van der Waals surface area (Å²) >= 11 is 6.39. The van der Waals surface area contributed by atoms with Crippen molar-refractivity contribution in [1.29, 1.82) is 0 Å². The molecule has 1 aromatic heterocycles. The van der Waals surface area contributed by atoms with E-state index in [1.807, 2.05) is 29.0 Å². The molecule has 0 atom stereocenters. The monoisotopic (exact) mass is 487 g/mol. The second-order valence-corrected chi connectivity index (χ2v) is 9.28. The van der Waals surface area contributed by atoms with Crippen molar-refractivity contribution < 1.29 is 22.3 Å².